The quantitative estimate of drug-likeness (QED) is 0.331. The maximum absolute atomic E-state index is 15.4. The lowest BCUT2D eigenvalue weighted by Gasteiger charge is -2.32. The fourth-order valence-corrected chi connectivity index (χ4v) is 6.50. The molecule has 5 rings (SSSR count). The lowest BCUT2D eigenvalue weighted by atomic mass is 9.92. The number of aliphatic imine (C=N–C) groups is 1. The summed E-state index contributed by atoms with van der Waals surface area (Å²) in [4.78, 5) is 49.7. The maximum atomic E-state index is 15.4. The number of carbonyl (C=O) groups is 3. The molecule has 0 spiro atoms. The molecular weight excluding hydrogens is 611 g/mol. The van der Waals surface area contributed by atoms with Gasteiger partial charge in [-0.25, -0.2) is 22.9 Å². The minimum Gasteiger partial charge on any atom is -0.480 e. The van der Waals surface area contributed by atoms with Crippen molar-refractivity contribution < 1.29 is 37.4 Å². The Hall–Kier alpha value is -3.49. The van der Waals surface area contributed by atoms with E-state index in [2.05, 4.69) is 15.3 Å². The SMILES string of the molecule is CCOC(=O)C1=C(CN2CC(F)(F)[C@@H]3CN(C(=O)C(C)(C)C(=O)O)C[C@@H]32)NC(c2nccs2)=NC1c1cccc(F)c1Cl. The van der Waals surface area contributed by atoms with Crippen molar-refractivity contribution in [3.63, 3.8) is 0 Å². The Morgan fingerprint density at radius 3 is 2.67 bits per heavy atom. The highest BCUT2D eigenvalue weighted by atomic mass is 35.5. The average Bonchev–Trinajstić information content (AvgIpc) is 3.68. The van der Waals surface area contributed by atoms with Crippen LogP contribution in [0.2, 0.25) is 5.02 Å². The zero-order valence-electron chi connectivity index (χ0n) is 23.4. The summed E-state index contributed by atoms with van der Waals surface area (Å²) in [7, 11) is 0. The van der Waals surface area contributed by atoms with E-state index in [0.29, 0.717) is 5.01 Å². The van der Waals surface area contributed by atoms with Crippen LogP contribution in [0.4, 0.5) is 13.2 Å². The molecule has 3 atom stereocenters. The number of thiazole rings is 1. The lowest BCUT2D eigenvalue weighted by Crippen LogP contribution is -2.47. The summed E-state index contributed by atoms with van der Waals surface area (Å²) in [6, 6.07) is 2.13. The van der Waals surface area contributed by atoms with Crippen LogP contribution in [0.3, 0.4) is 0 Å². The van der Waals surface area contributed by atoms with E-state index in [1.807, 2.05) is 0 Å². The first-order valence-corrected chi connectivity index (χ1v) is 14.7. The van der Waals surface area contributed by atoms with E-state index < -0.39 is 59.5 Å². The number of hydrogen-bond acceptors (Lipinski definition) is 9. The summed E-state index contributed by atoms with van der Waals surface area (Å²) in [5, 5.41) is 14.5. The number of esters is 1. The minimum absolute atomic E-state index is 0.00515. The number of ether oxygens (including phenoxy) is 1. The molecule has 0 aliphatic carbocycles. The molecule has 2 aromatic rings. The molecule has 43 heavy (non-hydrogen) atoms. The first kappa shape index (κ1) is 31.0. The third-order valence-corrected chi connectivity index (χ3v) is 9.14. The molecule has 1 unspecified atom stereocenters. The number of carbonyl (C=O) groups excluding carboxylic acids is 2. The van der Waals surface area contributed by atoms with E-state index in [4.69, 9.17) is 16.3 Å². The molecule has 1 amide bonds. The molecule has 2 N–H and O–H groups in total. The number of nitrogens with zero attached hydrogens (tertiary/aromatic N) is 4. The van der Waals surface area contributed by atoms with Gasteiger partial charge in [-0.05, 0) is 26.8 Å². The number of amidine groups is 1. The Balaban J connectivity index is 1.55. The van der Waals surface area contributed by atoms with E-state index in [0.717, 1.165) is 11.0 Å². The monoisotopic (exact) mass is 639 g/mol. The summed E-state index contributed by atoms with van der Waals surface area (Å²) in [5.74, 6) is -7.85. The number of carboxylic acid groups (broad SMARTS) is 1. The number of amides is 1. The molecule has 4 heterocycles. The van der Waals surface area contributed by atoms with E-state index >= 15 is 8.78 Å². The molecule has 0 bridgehead atoms. The largest absolute Gasteiger partial charge is 0.480 e. The fraction of sp³-hybridized carbons (Fsp3) is 0.464. The third kappa shape index (κ3) is 5.63. The van der Waals surface area contributed by atoms with E-state index in [1.165, 1.54) is 42.2 Å². The molecule has 15 heteroatoms. The van der Waals surface area contributed by atoms with Crippen LogP contribution in [0.1, 0.15) is 37.4 Å². The number of hydrogen-bond donors (Lipinski definition) is 2. The highest BCUT2D eigenvalue weighted by Gasteiger charge is 2.60. The van der Waals surface area contributed by atoms with Crippen molar-refractivity contribution in [1.29, 1.82) is 0 Å². The van der Waals surface area contributed by atoms with Crippen LogP contribution in [0.25, 0.3) is 0 Å². The molecule has 0 saturated carbocycles. The van der Waals surface area contributed by atoms with Gasteiger partial charge in [0.05, 0.1) is 29.7 Å². The van der Waals surface area contributed by atoms with Gasteiger partial charge in [0.1, 0.15) is 17.3 Å². The van der Waals surface area contributed by atoms with Crippen molar-refractivity contribution in [3.8, 4) is 0 Å². The number of alkyl halides is 2. The summed E-state index contributed by atoms with van der Waals surface area (Å²) >= 11 is 7.58. The number of benzene rings is 1. The molecule has 2 fully saturated rings. The van der Waals surface area contributed by atoms with Crippen LogP contribution >= 0.6 is 22.9 Å². The molecule has 3 aliphatic heterocycles. The van der Waals surface area contributed by atoms with Crippen molar-refractivity contribution in [2.75, 3.05) is 32.8 Å². The normalized spacial score (nSPS) is 23.6. The Bertz CT molecular complexity index is 1520. The molecule has 1 aromatic heterocycles. The van der Waals surface area contributed by atoms with Gasteiger partial charge in [-0.3, -0.25) is 19.5 Å². The number of halogens is 4. The second-order valence-electron chi connectivity index (χ2n) is 11.1. The number of likely N-dealkylation sites (tertiary alicyclic amines) is 2. The van der Waals surface area contributed by atoms with Crippen molar-refractivity contribution in [1.82, 2.24) is 20.1 Å². The highest BCUT2D eigenvalue weighted by molar-refractivity contribution is 7.11. The van der Waals surface area contributed by atoms with Gasteiger partial charge in [-0.2, -0.15) is 0 Å². The van der Waals surface area contributed by atoms with Crippen LogP contribution in [-0.4, -0.2) is 88.3 Å². The van der Waals surface area contributed by atoms with Crippen molar-refractivity contribution in [3.05, 3.63) is 62.5 Å². The van der Waals surface area contributed by atoms with Gasteiger partial charge in [0.15, 0.2) is 10.8 Å². The Morgan fingerprint density at radius 1 is 1.28 bits per heavy atom. The van der Waals surface area contributed by atoms with Gasteiger partial charge in [-0.1, -0.05) is 23.7 Å². The standard InChI is InChI=1S/C28H29ClF3N5O5S/c1-4-42-24(38)19-17(34-22(23-33-8-9-43-23)35-21(19)14-6-5-7-16(30)20(14)29)11-37-13-28(31,32)15-10-36(12-18(15)37)25(39)27(2,3)26(40)41/h5-9,15,18,21H,4,10-13H2,1-3H3,(H,34,35)(H,40,41)/t15-,18+,21?/m1/s1. The number of aromatic nitrogens is 1. The molecule has 10 nitrogen and oxygen atoms in total. The Morgan fingerprint density at radius 2 is 2.02 bits per heavy atom. The van der Waals surface area contributed by atoms with E-state index in [1.54, 1.807) is 18.5 Å². The van der Waals surface area contributed by atoms with Gasteiger partial charge in [0.2, 0.25) is 5.91 Å². The van der Waals surface area contributed by atoms with Crippen LogP contribution < -0.4 is 5.32 Å². The zero-order valence-corrected chi connectivity index (χ0v) is 25.0. The molecule has 230 valence electrons. The minimum atomic E-state index is -3.20. The summed E-state index contributed by atoms with van der Waals surface area (Å²) < 4.78 is 50.7. The molecule has 0 radical (unpaired) electrons. The Labute approximate surface area is 254 Å². The predicted molar refractivity (Wildman–Crippen MR) is 151 cm³/mol. The number of fused-ring (bicyclic) bond motifs is 1. The second-order valence-corrected chi connectivity index (χ2v) is 12.4. The van der Waals surface area contributed by atoms with Crippen molar-refractivity contribution in [2.45, 2.75) is 38.8 Å². The summed E-state index contributed by atoms with van der Waals surface area (Å²) in [5.41, 5.74) is -1.45. The van der Waals surface area contributed by atoms with Crippen LogP contribution in [0.5, 0.6) is 0 Å². The topological polar surface area (TPSA) is 124 Å². The number of aliphatic carboxylic acids is 1. The van der Waals surface area contributed by atoms with Crippen molar-refractivity contribution >= 4 is 46.6 Å². The van der Waals surface area contributed by atoms with Gasteiger partial charge in [0, 0.05) is 48.5 Å². The molecule has 1 aromatic carbocycles. The second kappa shape index (κ2) is 11.5. The first-order chi connectivity index (χ1) is 20.3. The number of nitrogens with one attached hydrogen (secondary N) is 1. The average molecular weight is 640 g/mol. The van der Waals surface area contributed by atoms with Crippen molar-refractivity contribution in [2.24, 2.45) is 16.3 Å². The van der Waals surface area contributed by atoms with Gasteiger partial charge >= 0.3 is 11.9 Å². The Kier molecular flexibility index (Phi) is 8.31. The maximum Gasteiger partial charge on any atom is 0.338 e. The number of rotatable bonds is 8. The first-order valence-electron chi connectivity index (χ1n) is 13.5. The van der Waals surface area contributed by atoms with Crippen LogP contribution in [0, 0.1) is 17.2 Å². The summed E-state index contributed by atoms with van der Waals surface area (Å²) in [6.07, 6.45) is 1.55. The van der Waals surface area contributed by atoms with Crippen LogP contribution in [-0.2, 0) is 19.1 Å². The van der Waals surface area contributed by atoms with Gasteiger partial charge in [-0.15, -0.1) is 11.3 Å². The predicted octanol–water partition coefficient (Wildman–Crippen LogP) is 3.73. The summed E-state index contributed by atoms with van der Waals surface area (Å²) in [6.45, 7) is 2.79. The van der Waals surface area contributed by atoms with Gasteiger partial charge < -0.3 is 20.1 Å². The molecule has 3 aliphatic rings. The third-order valence-electron chi connectivity index (χ3n) is 7.96. The zero-order chi connectivity index (χ0) is 31.3. The van der Waals surface area contributed by atoms with E-state index in [-0.39, 0.29) is 53.9 Å². The lowest BCUT2D eigenvalue weighted by molar-refractivity contribution is -0.158. The fourth-order valence-electron chi connectivity index (χ4n) is 5.68. The molecule has 2 saturated heterocycles. The highest BCUT2D eigenvalue weighted by Crippen LogP contribution is 2.44. The number of carboxylic acids is 1. The smallest absolute Gasteiger partial charge is 0.338 e. The van der Waals surface area contributed by atoms with Gasteiger partial charge in [0.25, 0.3) is 5.92 Å². The molecular formula is C28H29ClF3N5O5S. The van der Waals surface area contributed by atoms with Crippen LogP contribution in [0.15, 0.2) is 46.0 Å². The van der Waals surface area contributed by atoms with E-state index in [9.17, 15) is 23.9 Å².